The van der Waals surface area contributed by atoms with Gasteiger partial charge < -0.3 is 10.6 Å². The Labute approximate surface area is 101 Å². The van der Waals surface area contributed by atoms with Crippen LogP contribution in [-0.2, 0) is 4.79 Å². The molecule has 3 nitrogen and oxygen atoms in total. The fourth-order valence-corrected chi connectivity index (χ4v) is 1.42. The maximum Gasteiger partial charge on any atom is 0.234 e. The zero-order valence-corrected chi connectivity index (χ0v) is 10.5. The molecule has 94 valence electrons. The largest absolute Gasteiger partial charge is 0.348 e. The summed E-state index contributed by atoms with van der Waals surface area (Å²) in [5, 5.41) is 5.89. The zero-order valence-electron chi connectivity index (χ0n) is 10.5. The first-order valence-corrected chi connectivity index (χ1v) is 5.77. The van der Waals surface area contributed by atoms with Crippen molar-refractivity contribution in [1.82, 2.24) is 10.6 Å². The van der Waals surface area contributed by atoms with Crippen LogP contribution in [-0.4, -0.2) is 18.5 Å². The van der Waals surface area contributed by atoms with Crippen molar-refractivity contribution in [3.8, 4) is 0 Å². The molecule has 1 atom stereocenters. The second-order valence-corrected chi connectivity index (χ2v) is 4.38. The molecule has 0 fully saturated rings. The van der Waals surface area contributed by atoms with Crippen LogP contribution in [0.25, 0.3) is 0 Å². The number of hydrogen-bond acceptors (Lipinski definition) is 2. The summed E-state index contributed by atoms with van der Waals surface area (Å²) in [5.74, 6) is -0.329. The van der Waals surface area contributed by atoms with Crippen LogP contribution in [0.3, 0.4) is 0 Å². The Morgan fingerprint density at radius 3 is 2.35 bits per heavy atom. The summed E-state index contributed by atoms with van der Waals surface area (Å²) in [5.41, 5.74) is 0.893. The smallest absolute Gasteiger partial charge is 0.234 e. The average Bonchev–Trinajstić information content (AvgIpc) is 2.27. The average molecular weight is 238 g/mol. The van der Waals surface area contributed by atoms with E-state index in [1.54, 1.807) is 12.1 Å². The standard InChI is InChI=1S/C13H19FN2O/c1-9(2)15-8-13(17)16-10(3)11-4-6-12(14)7-5-11/h4-7,9-10,15H,8H2,1-3H3,(H,16,17). The molecule has 4 heteroatoms. The molecule has 1 amide bonds. The van der Waals surface area contributed by atoms with Crippen LogP contribution in [0.15, 0.2) is 24.3 Å². The van der Waals surface area contributed by atoms with Gasteiger partial charge >= 0.3 is 0 Å². The van der Waals surface area contributed by atoms with Crippen LogP contribution in [0, 0.1) is 5.82 Å². The van der Waals surface area contributed by atoms with Gasteiger partial charge in [0, 0.05) is 6.04 Å². The van der Waals surface area contributed by atoms with Gasteiger partial charge in [-0.25, -0.2) is 4.39 Å². The molecule has 2 N–H and O–H groups in total. The van der Waals surface area contributed by atoms with Gasteiger partial charge in [-0.3, -0.25) is 4.79 Å². The van der Waals surface area contributed by atoms with Crippen LogP contribution in [0.5, 0.6) is 0 Å². The highest BCUT2D eigenvalue weighted by molar-refractivity contribution is 5.78. The molecule has 17 heavy (non-hydrogen) atoms. The normalized spacial score (nSPS) is 12.5. The second kappa shape index (κ2) is 6.35. The van der Waals surface area contributed by atoms with Crippen molar-refractivity contribution in [2.75, 3.05) is 6.54 Å². The molecule has 0 heterocycles. The molecule has 0 saturated carbocycles. The van der Waals surface area contributed by atoms with E-state index in [-0.39, 0.29) is 23.8 Å². The lowest BCUT2D eigenvalue weighted by Gasteiger charge is -2.15. The minimum atomic E-state index is -0.270. The number of rotatable bonds is 5. The molecule has 0 aliphatic rings. The fourth-order valence-electron chi connectivity index (χ4n) is 1.42. The molecular formula is C13H19FN2O. The second-order valence-electron chi connectivity index (χ2n) is 4.38. The Bertz CT molecular complexity index is 362. The Kier molecular flexibility index (Phi) is 5.10. The summed E-state index contributed by atoms with van der Waals surface area (Å²) < 4.78 is 12.7. The summed E-state index contributed by atoms with van der Waals surface area (Å²) in [4.78, 5) is 11.6. The third kappa shape index (κ3) is 4.95. The van der Waals surface area contributed by atoms with E-state index >= 15 is 0 Å². The van der Waals surface area contributed by atoms with Gasteiger partial charge in [-0.05, 0) is 24.6 Å². The molecule has 1 unspecified atom stereocenters. The number of halogens is 1. The molecule has 0 spiro atoms. The molecule has 1 aromatic rings. The van der Waals surface area contributed by atoms with E-state index in [0.29, 0.717) is 6.54 Å². The van der Waals surface area contributed by atoms with Gasteiger partial charge in [0.15, 0.2) is 0 Å². The van der Waals surface area contributed by atoms with Gasteiger partial charge in [0.25, 0.3) is 0 Å². The van der Waals surface area contributed by atoms with Crippen molar-refractivity contribution in [2.24, 2.45) is 0 Å². The summed E-state index contributed by atoms with van der Waals surface area (Å²) >= 11 is 0. The zero-order chi connectivity index (χ0) is 12.8. The summed E-state index contributed by atoms with van der Waals surface area (Å²) in [7, 11) is 0. The molecule has 0 aliphatic heterocycles. The molecule has 1 rings (SSSR count). The maximum atomic E-state index is 12.7. The number of nitrogens with one attached hydrogen (secondary N) is 2. The van der Waals surface area contributed by atoms with Crippen molar-refractivity contribution in [2.45, 2.75) is 32.9 Å². The summed E-state index contributed by atoms with van der Waals surface area (Å²) in [6.07, 6.45) is 0. The fraction of sp³-hybridized carbons (Fsp3) is 0.462. The van der Waals surface area contributed by atoms with Crippen LogP contribution in [0.2, 0.25) is 0 Å². The van der Waals surface area contributed by atoms with Crippen molar-refractivity contribution in [1.29, 1.82) is 0 Å². The van der Waals surface area contributed by atoms with E-state index in [4.69, 9.17) is 0 Å². The third-order valence-electron chi connectivity index (χ3n) is 2.42. The molecule has 0 saturated heterocycles. The SMILES string of the molecule is CC(C)NCC(=O)NC(C)c1ccc(F)cc1. The Hall–Kier alpha value is -1.42. The number of hydrogen-bond donors (Lipinski definition) is 2. The van der Waals surface area contributed by atoms with Crippen molar-refractivity contribution < 1.29 is 9.18 Å². The van der Waals surface area contributed by atoms with Crippen molar-refractivity contribution in [3.63, 3.8) is 0 Å². The predicted molar refractivity (Wildman–Crippen MR) is 66.1 cm³/mol. The number of carbonyl (C=O) groups excluding carboxylic acids is 1. The number of carbonyl (C=O) groups is 1. The highest BCUT2D eigenvalue weighted by Crippen LogP contribution is 2.12. The maximum absolute atomic E-state index is 12.7. The van der Waals surface area contributed by atoms with E-state index in [9.17, 15) is 9.18 Å². The molecular weight excluding hydrogens is 219 g/mol. The van der Waals surface area contributed by atoms with E-state index < -0.39 is 0 Å². The quantitative estimate of drug-likeness (QED) is 0.823. The summed E-state index contributed by atoms with van der Waals surface area (Å²) in [6, 6.07) is 6.31. The Balaban J connectivity index is 2.46. The van der Waals surface area contributed by atoms with Gasteiger partial charge in [-0.2, -0.15) is 0 Å². The van der Waals surface area contributed by atoms with E-state index in [1.807, 2.05) is 20.8 Å². The highest BCUT2D eigenvalue weighted by Gasteiger charge is 2.09. The van der Waals surface area contributed by atoms with Crippen molar-refractivity contribution >= 4 is 5.91 Å². The van der Waals surface area contributed by atoms with Crippen LogP contribution >= 0.6 is 0 Å². The highest BCUT2D eigenvalue weighted by atomic mass is 19.1. The lowest BCUT2D eigenvalue weighted by molar-refractivity contribution is -0.121. The molecule has 0 aromatic heterocycles. The topological polar surface area (TPSA) is 41.1 Å². The van der Waals surface area contributed by atoms with E-state index in [1.165, 1.54) is 12.1 Å². The molecule has 0 radical (unpaired) electrons. The van der Waals surface area contributed by atoms with Crippen LogP contribution < -0.4 is 10.6 Å². The van der Waals surface area contributed by atoms with E-state index in [2.05, 4.69) is 10.6 Å². The van der Waals surface area contributed by atoms with Crippen molar-refractivity contribution in [3.05, 3.63) is 35.6 Å². The van der Waals surface area contributed by atoms with Gasteiger partial charge in [0.05, 0.1) is 12.6 Å². The minimum Gasteiger partial charge on any atom is -0.348 e. The van der Waals surface area contributed by atoms with E-state index in [0.717, 1.165) is 5.56 Å². The first-order chi connectivity index (χ1) is 7.99. The van der Waals surface area contributed by atoms with Crippen LogP contribution in [0.1, 0.15) is 32.4 Å². The Morgan fingerprint density at radius 2 is 1.82 bits per heavy atom. The third-order valence-corrected chi connectivity index (χ3v) is 2.42. The molecule has 1 aromatic carbocycles. The number of benzene rings is 1. The first kappa shape index (κ1) is 13.6. The lowest BCUT2D eigenvalue weighted by Crippen LogP contribution is -2.37. The van der Waals surface area contributed by atoms with Gasteiger partial charge in [-0.1, -0.05) is 26.0 Å². The lowest BCUT2D eigenvalue weighted by atomic mass is 10.1. The molecule has 0 aliphatic carbocycles. The number of amides is 1. The van der Waals surface area contributed by atoms with Gasteiger partial charge in [0.2, 0.25) is 5.91 Å². The monoisotopic (exact) mass is 238 g/mol. The van der Waals surface area contributed by atoms with Gasteiger partial charge in [-0.15, -0.1) is 0 Å². The minimum absolute atomic E-state index is 0.0597. The van der Waals surface area contributed by atoms with Crippen LogP contribution in [0.4, 0.5) is 4.39 Å². The first-order valence-electron chi connectivity index (χ1n) is 5.77. The predicted octanol–water partition coefficient (Wildman–Crippen LogP) is 2.00. The Morgan fingerprint density at radius 1 is 1.24 bits per heavy atom. The molecule has 0 bridgehead atoms. The summed E-state index contributed by atoms with van der Waals surface area (Å²) in [6.45, 7) is 6.14. The van der Waals surface area contributed by atoms with Gasteiger partial charge in [0.1, 0.15) is 5.82 Å².